The molecular formula is C14H18N4O. The van der Waals surface area contributed by atoms with Gasteiger partial charge < -0.3 is 15.2 Å². The average molecular weight is 258 g/mol. The standard InChI is InChI=1S/C14H18N4O/c1-10(2)17-13-5-4-12(9-16-13)18(3)14(19)11-6-7-15-8-11/h4-10,15H,1-3H3,(H,16,17). The van der Waals surface area contributed by atoms with Crippen LogP contribution in [0.3, 0.4) is 0 Å². The van der Waals surface area contributed by atoms with Gasteiger partial charge in [0.05, 0.1) is 17.4 Å². The summed E-state index contributed by atoms with van der Waals surface area (Å²) in [6.07, 6.45) is 5.10. The smallest absolute Gasteiger partial charge is 0.259 e. The van der Waals surface area contributed by atoms with E-state index in [0.29, 0.717) is 11.6 Å². The van der Waals surface area contributed by atoms with Crippen molar-refractivity contribution in [2.24, 2.45) is 0 Å². The van der Waals surface area contributed by atoms with Crippen molar-refractivity contribution in [1.29, 1.82) is 0 Å². The van der Waals surface area contributed by atoms with Gasteiger partial charge in [-0.25, -0.2) is 4.98 Å². The van der Waals surface area contributed by atoms with Crippen molar-refractivity contribution in [2.45, 2.75) is 19.9 Å². The van der Waals surface area contributed by atoms with Crippen molar-refractivity contribution < 1.29 is 4.79 Å². The number of carbonyl (C=O) groups excluding carboxylic acids is 1. The number of pyridine rings is 1. The number of anilines is 2. The van der Waals surface area contributed by atoms with Crippen LogP contribution in [0.15, 0.2) is 36.8 Å². The SMILES string of the molecule is CC(C)Nc1ccc(N(C)C(=O)c2cc[nH]c2)cn1. The second kappa shape index (κ2) is 5.56. The molecule has 19 heavy (non-hydrogen) atoms. The zero-order chi connectivity index (χ0) is 13.8. The van der Waals surface area contributed by atoms with Crippen molar-refractivity contribution in [3.8, 4) is 0 Å². The quantitative estimate of drug-likeness (QED) is 0.885. The normalized spacial score (nSPS) is 10.5. The van der Waals surface area contributed by atoms with Crippen LogP contribution in [0.4, 0.5) is 11.5 Å². The molecule has 0 fully saturated rings. The van der Waals surface area contributed by atoms with Gasteiger partial charge in [-0.1, -0.05) is 0 Å². The highest BCUT2D eigenvalue weighted by molar-refractivity contribution is 6.05. The fourth-order valence-electron chi connectivity index (χ4n) is 1.73. The molecule has 2 heterocycles. The second-order valence-corrected chi connectivity index (χ2v) is 4.66. The topological polar surface area (TPSA) is 61.0 Å². The van der Waals surface area contributed by atoms with Crippen LogP contribution in [-0.4, -0.2) is 29.0 Å². The Bertz CT molecular complexity index is 531. The summed E-state index contributed by atoms with van der Waals surface area (Å²) >= 11 is 0. The molecule has 0 unspecified atom stereocenters. The van der Waals surface area contributed by atoms with Gasteiger partial charge >= 0.3 is 0 Å². The number of carbonyl (C=O) groups is 1. The molecule has 0 atom stereocenters. The van der Waals surface area contributed by atoms with E-state index in [0.717, 1.165) is 11.5 Å². The summed E-state index contributed by atoms with van der Waals surface area (Å²) in [6, 6.07) is 5.83. The van der Waals surface area contributed by atoms with Crippen molar-refractivity contribution in [1.82, 2.24) is 9.97 Å². The van der Waals surface area contributed by atoms with Crippen LogP contribution in [0.2, 0.25) is 0 Å². The minimum atomic E-state index is -0.0624. The number of hydrogen-bond donors (Lipinski definition) is 2. The van der Waals surface area contributed by atoms with Crippen molar-refractivity contribution in [2.75, 3.05) is 17.3 Å². The van der Waals surface area contributed by atoms with E-state index < -0.39 is 0 Å². The lowest BCUT2D eigenvalue weighted by Gasteiger charge is -2.17. The molecule has 1 amide bonds. The predicted molar refractivity (Wildman–Crippen MR) is 76.5 cm³/mol. The van der Waals surface area contributed by atoms with Crippen molar-refractivity contribution in [3.05, 3.63) is 42.4 Å². The summed E-state index contributed by atoms with van der Waals surface area (Å²) in [5.74, 6) is 0.744. The molecular weight excluding hydrogens is 240 g/mol. The van der Waals surface area contributed by atoms with E-state index in [1.54, 1.807) is 36.6 Å². The summed E-state index contributed by atoms with van der Waals surface area (Å²) in [4.78, 5) is 20.9. The van der Waals surface area contributed by atoms with Crippen LogP contribution in [0.1, 0.15) is 24.2 Å². The van der Waals surface area contributed by atoms with E-state index in [2.05, 4.69) is 29.1 Å². The summed E-state index contributed by atoms with van der Waals surface area (Å²) in [5.41, 5.74) is 1.40. The molecule has 0 bridgehead atoms. The lowest BCUT2D eigenvalue weighted by atomic mass is 10.2. The molecule has 0 aliphatic carbocycles. The minimum Gasteiger partial charge on any atom is -0.368 e. The first-order valence-electron chi connectivity index (χ1n) is 6.21. The molecule has 2 N–H and O–H groups in total. The number of rotatable bonds is 4. The molecule has 0 spiro atoms. The summed E-state index contributed by atoms with van der Waals surface area (Å²) < 4.78 is 0. The van der Waals surface area contributed by atoms with Gasteiger partial charge in [0, 0.05) is 25.5 Å². The molecule has 0 aliphatic rings. The Kier molecular flexibility index (Phi) is 3.85. The molecule has 2 rings (SSSR count). The van der Waals surface area contributed by atoms with Gasteiger partial charge in [-0.15, -0.1) is 0 Å². The molecule has 5 nitrogen and oxygen atoms in total. The molecule has 0 radical (unpaired) electrons. The third-order valence-electron chi connectivity index (χ3n) is 2.72. The van der Waals surface area contributed by atoms with Gasteiger partial charge in [-0.3, -0.25) is 4.79 Å². The maximum atomic E-state index is 12.1. The predicted octanol–water partition coefficient (Wildman–Crippen LogP) is 2.51. The van der Waals surface area contributed by atoms with Crippen molar-refractivity contribution >= 4 is 17.4 Å². The molecule has 0 aromatic carbocycles. The van der Waals surface area contributed by atoms with E-state index in [1.807, 2.05) is 12.1 Å². The number of aromatic amines is 1. The Balaban J connectivity index is 2.11. The first kappa shape index (κ1) is 13.1. The number of hydrogen-bond acceptors (Lipinski definition) is 3. The average Bonchev–Trinajstić information content (AvgIpc) is 2.91. The third-order valence-corrected chi connectivity index (χ3v) is 2.72. The van der Waals surface area contributed by atoms with E-state index in [1.165, 1.54) is 0 Å². The minimum absolute atomic E-state index is 0.0624. The summed E-state index contributed by atoms with van der Waals surface area (Å²) in [6.45, 7) is 4.11. The summed E-state index contributed by atoms with van der Waals surface area (Å²) in [7, 11) is 1.74. The molecule has 0 aliphatic heterocycles. The lowest BCUT2D eigenvalue weighted by Crippen LogP contribution is -2.26. The molecule has 2 aromatic rings. The number of nitrogens with zero attached hydrogens (tertiary/aromatic N) is 2. The maximum absolute atomic E-state index is 12.1. The first-order valence-corrected chi connectivity index (χ1v) is 6.21. The van der Waals surface area contributed by atoms with Gasteiger partial charge in [0.25, 0.3) is 5.91 Å². The molecule has 5 heteroatoms. The van der Waals surface area contributed by atoms with Crippen LogP contribution < -0.4 is 10.2 Å². The van der Waals surface area contributed by atoms with Crippen molar-refractivity contribution in [3.63, 3.8) is 0 Å². The Morgan fingerprint density at radius 3 is 2.68 bits per heavy atom. The zero-order valence-electron chi connectivity index (χ0n) is 11.3. The van der Waals surface area contributed by atoms with Crippen LogP contribution in [-0.2, 0) is 0 Å². The first-order chi connectivity index (χ1) is 9.08. The molecule has 0 saturated carbocycles. The highest BCUT2D eigenvalue weighted by atomic mass is 16.2. The number of aromatic nitrogens is 2. The Morgan fingerprint density at radius 2 is 2.16 bits per heavy atom. The Labute approximate surface area is 112 Å². The largest absolute Gasteiger partial charge is 0.368 e. The Hall–Kier alpha value is -2.30. The van der Waals surface area contributed by atoms with Gasteiger partial charge in [-0.05, 0) is 32.0 Å². The van der Waals surface area contributed by atoms with E-state index in [4.69, 9.17) is 0 Å². The van der Waals surface area contributed by atoms with Crippen LogP contribution in [0.5, 0.6) is 0 Å². The van der Waals surface area contributed by atoms with E-state index in [-0.39, 0.29) is 5.91 Å². The van der Waals surface area contributed by atoms with E-state index in [9.17, 15) is 4.79 Å². The maximum Gasteiger partial charge on any atom is 0.259 e. The van der Waals surface area contributed by atoms with E-state index >= 15 is 0 Å². The van der Waals surface area contributed by atoms with Crippen LogP contribution in [0.25, 0.3) is 0 Å². The number of H-pyrrole nitrogens is 1. The third kappa shape index (κ3) is 3.13. The van der Waals surface area contributed by atoms with Crippen LogP contribution >= 0.6 is 0 Å². The van der Waals surface area contributed by atoms with Crippen LogP contribution in [0, 0.1) is 0 Å². The fourth-order valence-corrected chi connectivity index (χ4v) is 1.73. The monoisotopic (exact) mass is 258 g/mol. The molecule has 2 aromatic heterocycles. The van der Waals surface area contributed by atoms with Gasteiger partial charge in [0.2, 0.25) is 0 Å². The molecule has 100 valence electrons. The summed E-state index contributed by atoms with van der Waals surface area (Å²) in [5, 5.41) is 3.21. The van der Waals surface area contributed by atoms with Gasteiger partial charge in [-0.2, -0.15) is 0 Å². The van der Waals surface area contributed by atoms with Gasteiger partial charge in [0.1, 0.15) is 5.82 Å². The van der Waals surface area contributed by atoms with Gasteiger partial charge in [0.15, 0.2) is 0 Å². The second-order valence-electron chi connectivity index (χ2n) is 4.66. The highest BCUT2D eigenvalue weighted by Gasteiger charge is 2.13. The molecule has 0 saturated heterocycles. The Morgan fingerprint density at radius 1 is 1.37 bits per heavy atom. The number of amides is 1. The lowest BCUT2D eigenvalue weighted by molar-refractivity contribution is 0.0993. The number of nitrogens with one attached hydrogen (secondary N) is 2. The zero-order valence-corrected chi connectivity index (χ0v) is 11.3. The highest BCUT2D eigenvalue weighted by Crippen LogP contribution is 2.16. The fraction of sp³-hybridized carbons (Fsp3) is 0.286.